The van der Waals surface area contributed by atoms with Gasteiger partial charge in [-0.05, 0) is 32.6 Å². The molecule has 0 unspecified atom stereocenters. The van der Waals surface area contributed by atoms with Crippen LogP contribution in [0.25, 0.3) is 0 Å². The molecule has 1 aromatic rings. The minimum atomic E-state index is -0.631. The first kappa shape index (κ1) is 25.4. The summed E-state index contributed by atoms with van der Waals surface area (Å²) in [5.74, 6) is -1.23. The Hall–Kier alpha value is -2.18. The lowest BCUT2D eigenvalue weighted by Crippen LogP contribution is -2.51. The summed E-state index contributed by atoms with van der Waals surface area (Å²) in [5.41, 5.74) is 5.16. The highest BCUT2D eigenvalue weighted by atomic mass is 32.2. The molecule has 3 N–H and O–H groups in total. The maximum absolute atomic E-state index is 15.4. The number of anilines is 2. The summed E-state index contributed by atoms with van der Waals surface area (Å²) in [4.78, 5) is 36.4. The molecule has 1 saturated heterocycles. The Morgan fingerprint density at radius 1 is 1.36 bits per heavy atom. The first-order valence-corrected chi connectivity index (χ1v) is 12.6. The van der Waals surface area contributed by atoms with Crippen LogP contribution in [0.3, 0.4) is 0 Å². The normalized spacial score (nSPS) is 20.5. The Labute approximate surface area is 198 Å². The lowest BCUT2D eigenvalue weighted by atomic mass is 9.92. The van der Waals surface area contributed by atoms with Crippen LogP contribution in [0.4, 0.5) is 16.0 Å². The maximum atomic E-state index is 15.4. The number of likely N-dealkylation sites (N-methyl/N-ethyl adjacent to an activating group) is 1. The van der Waals surface area contributed by atoms with Crippen molar-refractivity contribution in [3.8, 4) is 0 Å². The van der Waals surface area contributed by atoms with Crippen molar-refractivity contribution in [1.29, 1.82) is 0 Å². The molecule has 33 heavy (non-hydrogen) atoms. The molecule has 0 spiro atoms. The van der Waals surface area contributed by atoms with Crippen LogP contribution >= 0.6 is 11.8 Å². The molecule has 1 saturated carbocycles. The van der Waals surface area contributed by atoms with E-state index in [9.17, 15) is 14.8 Å². The molecule has 2 amide bonds. The zero-order valence-electron chi connectivity index (χ0n) is 19.5. The van der Waals surface area contributed by atoms with Crippen molar-refractivity contribution in [1.82, 2.24) is 25.4 Å². The number of carbonyl (C=O) groups excluding carboxylic acids is 2. The van der Waals surface area contributed by atoms with Crippen LogP contribution in [0.2, 0.25) is 0 Å². The fourth-order valence-corrected chi connectivity index (χ4v) is 5.00. The number of hydrogen-bond donors (Lipinski definition) is 3. The molecule has 2 heterocycles. The van der Waals surface area contributed by atoms with E-state index in [4.69, 9.17) is 0 Å². The lowest BCUT2D eigenvalue weighted by molar-refractivity contribution is -0.154. The van der Waals surface area contributed by atoms with Gasteiger partial charge in [-0.1, -0.05) is 37.4 Å². The Kier molecular flexibility index (Phi) is 9.10. The molecule has 2 aliphatic rings. The third-order valence-corrected chi connectivity index (χ3v) is 6.94. The van der Waals surface area contributed by atoms with E-state index in [0.717, 1.165) is 38.8 Å². The first-order valence-electron chi connectivity index (χ1n) is 11.4. The van der Waals surface area contributed by atoms with Crippen LogP contribution in [-0.2, 0) is 9.59 Å². The SMILES string of the molecule is CSc1nc(NNC(=O)[C@@H](CC2CCCC2)CN(O)C=O)c(F)c(N2CCN(C)C[C@@H]2C)n1. The molecule has 1 aliphatic heterocycles. The van der Waals surface area contributed by atoms with Crippen LogP contribution in [0, 0.1) is 17.7 Å². The number of piperazine rings is 1. The standard InChI is InChI=1S/C21H34FN7O3S/c1-14-11-27(2)8-9-29(14)19-17(22)18(23-21(24-19)33-3)25-26-20(31)16(12-28(32)13-30)10-15-6-4-5-7-15/h13-16,32H,4-12H2,1-3H3,(H,26,31)(H,23,24,25)/t14-,16-/m0/s1. The fraction of sp³-hybridized carbons (Fsp3) is 0.714. The average Bonchev–Trinajstić information content (AvgIpc) is 3.31. The molecule has 1 aliphatic carbocycles. The Morgan fingerprint density at radius 2 is 2.09 bits per heavy atom. The molecule has 12 heteroatoms. The third-order valence-electron chi connectivity index (χ3n) is 6.40. The number of hydrogen-bond acceptors (Lipinski definition) is 9. The number of hydrazine groups is 1. The minimum absolute atomic E-state index is 0.0694. The van der Waals surface area contributed by atoms with Gasteiger partial charge in [0.2, 0.25) is 18.1 Å². The van der Waals surface area contributed by atoms with Crippen LogP contribution in [0.5, 0.6) is 0 Å². The second-order valence-electron chi connectivity index (χ2n) is 8.93. The predicted molar refractivity (Wildman–Crippen MR) is 124 cm³/mol. The minimum Gasteiger partial charge on any atom is -0.349 e. The van der Waals surface area contributed by atoms with Gasteiger partial charge in [0.15, 0.2) is 16.8 Å². The number of nitrogens with one attached hydrogen (secondary N) is 2. The van der Waals surface area contributed by atoms with Crippen molar-refractivity contribution in [3.05, 3.63) is 5.82 Å². The number of aromatic nitrogens is 2. The van der Waals surface area contributed by atoms with Crippen molar-refractivity contribution in [2.24, 2.45) is 11.8 Å². The molecular weight excluding hydrogens is 449 g/mol. The second kappa shape index (κ2) is 11.8. The van der Waals surface area contributed by atoms with Gasteiger partial charge in [-0.25, -0.2) is 15.0 Å². The van der Waals surface area contributed by atoms with Gasteiger partial charge in [0.1, 0.15) is 0 Å². The first-order chi connectivity index (χ1) is 15.8. The summed E-state index contributed by atoms with van der Waals surface area (Å²) in [6, 6.07) is 0.0694. The molecule has 3 rings (SSSR count). The molecular formula is C21H34FN7O3S. The van der Waals surface area contributed by atoms with E-state index in [1.165, 1.54) is 11.8 Å². The monoisotopic (exact) mass is 483 g/mol. The van der Waals surface area contributed by atoms with Gasteiger partial charge >= 0.3 is 0 Å². The molecule has 184 valence electrons. The van der Waals surface area contributed by atoms with Crippen molar-refractivity contribution in [2.45, 2.75) is 50.2 Å². The number of rotatable bonds is 10. The number of carbonyl (C=O) groups is 2. The molecule has 2 fully saturated rings. The third kappa shape index (κ3) is 6.67. The van der Waals surface area contributed by atoms with Gasteiger partial charge in [0.05, 0.1) is 12.5 Å². The predicted octanol–water partition coefficient (Wildman–Crippen LogP) is 1.97. The highest BCUT2D eigenvalue weighted by Crippen LogP contribution is 2.31. The maximum Gasteiger partial charge on any atom is 0.243 e. The van der Waals surface area contributed by atoms with E-state index in [1.807, 2.05) is 18.9 Å². The number of nitrogens with zero attached hydrogens (tertiary/aromatic N) is 5. The summed E-state index contributed by atoms with van der Waals surface area (Å²) in [5, 5.41) is 10.5. The molecule has 0 aromatic carbocycles. The highest BCUT2D eigenvalue weighted by molar-refractivity contribution is 7.98. The Bertz CT molecular complexity index is 827. The van der Waals surface area contributed by atoms with E-state index in [0.29, 0.717) is 29.1 Å². The summed E-state index contributed by atoms with van der Waals surface area (Å²) < 4.78 is 15.4. The van der Waals surface area contributed by atoms with Gasteiger partial charge in [0.25, 0.3) is 0 Å². The van der Waals surface area contributed by atoms with Crippen LogP contribution in [0.15, 0.2) is 5.16 Å². The molecule has 0 bridgehead atoms. The van der Waals surface area contributed by atoms with E-state index in [2.05, 4.69) is 25.7 Å². The van der Waals surface area contributed by atoms with Crippen LogP contribution in [0.1, 0.15) is 39.0 Å². The van der Waals surface area contributed by atoms with Crippen LogP contribution < -0.4 is 15.8 Å². The quantitative estimate of drug-likeness (QED) is 0.151. The van der Waals surface area contributed by atoms with Crippen molar-refractivity contribution in [2.75, 3.05) is 49.8 Å². The van der Waals surface area contributed by atoms with Gasteiger partial charge in [-0.2, -0.15) is 4.39 Å². The van der Waals surface area contributed by atoms with Gasteiger partial charge in [0, 0.05) is 25.7 Å². The van der Waals surface area contributed by atoms with Gasteiger partial charge < -0.3 is 9.80 Å². The van der Waals surface area contributed by atoms with E-state index >= 15 is 4.39 Å². The topological polar surface area (TPSA) is 114 Å². The van der Waals surface area contributed by atoms with E-state index < -0.39 is 17.6 Å². The largest absolute Gasteiger partial charge is 0.349 e. The van der Waals surface area contributed by atoms with Crippen molar-refractivity contribution in [3.63, 3.8) is 0 Å². The zero-order chi connectivity index (χ0) is 24.0. The van der Waals surface area contributed by atoms with E-state index in [-0.39, 0.29) is 30.6 Å². The Balaban J connectivity index is 1.74. The van der Waals surface area contributed by atoms with Crippen molar-refractivity contribution >= 4 is 35.7 Å². The number of amides is 2. The number of hydroxylamine groups is 2. The smallest absolute Gasteiger partial charge is 0.243 e. The molecule has 1 aromatic heterocycles. The zero-order valence-corrected chi connectivity index (χ0v) is 20.3. The fourth-order valence-electron chi connectivity index (χ4n) is 4.64. The lowest BCUT2D eigenvalue weighted by Gasteiger charge is -2.39. The molecule has 0 radical (unpaired) electrons. The van der Waals surface area contributed by atoms with Gasteiger partial charge in [-0.15, -0.1) is 0 Å². The molecule has 10 nitrogen and oxygen atoms in total. The second-order valence-corrected chi connectivity index (χ2v) is 9.70. The van der Waals surface area contributed by atoms with Gasteiger partial charge in [-0.3, -0.25) is 25.6 Å². The van der Waals surface area contributed by atoms with Crippen LogP contribution in [-0.4, -0.2) is 83.0 Å². The van der Waals surface area contributed by atoms with E-state index in [1.54, 1.807) is 6.26 Å². The summed E-state index contributed by atoms with van der Waals surface area (Å²) in [6.45, 7) is 4.10. The number of thioether (sulfide) groups is 1. The summed E-state index contributed by atoms with van der Waals surface area (Å²) in [6.07, 6.45) is 6.91. The molecule has 2 atom stereocenters. The van der Waals surface area contributed by atoms with Crippen molar-refractivity contribution < 1.29 is 19.2 Å². The summed E-state index contributed by atoms with van der Waals surface area (Å²) in [7, 11) is 2.03. The highest BCUT2D eigenvalue weighted by Gasteiger charge is 2.29. The average molecular weight is 484 g/mol. The Morgan fingerprint density at radius 3 is 2.73 bits per heavy atom. The number of halogens is 1. The summed E-state index contributed by atoms with van der Waals surface area (Å²) >= 11 is 1.29.